The van der Waals surface area contributed by atoms with E-state index in [2.05, 4.69) is 29.4 Å². The zero-order valence-electron chi connectivity index (χ0n) is 17.4. The fourth-order valence-electron chi connectivity index (χ4n) is 3.29. The number of para-hydroxylation sites is 1. The number of nitrogens with one attached hydrogen (secondary N) is 1. The first-order valence-corrected chi connectivity index (χ1v) is 12.0. The number of thioether (sulfide) groups is 1. The molecular formula is C23H22ClN3O2S2. The van der Waals surface area contributed by atoms with E-state index >= 15 is 0 Å². The summed E-state index contributed by atoms with van der Waals surface area (Å²) in [5, 5.41) is 13.8. The molecule has 2 heterocycles. The number of fused-ring (bicyclic) bond motifs is 1. The molecule has 1 N–H and O–H groups in total. The molecule has 0 bridgehead atoms. The molecule has 5 nitrogen and oxygen atoms in total. The lowest BCUT2D eigenvalue weighted by atomic mass is 9.84. The maximum absolute atomic E-state index is 13.1. The summed E-state index contributed by atoms with van der Waals surface area (Å²) in [5.74, 6) is 0.693. The molecule has 160 valence electrons. The zero-order chi connectivity index (χ0) is 22.0. The van der Waals surface area contributed by atoms with Crippen LogP contribution in [-0.4, -0.2) is 22.6 Å². The Morgan fingerprint density at radius 2 is 2.00 bits per heavy atom. The van der Waals surface area contributed by atoms with Gasteiger partial charge >= 0.3 is 0 Å². The Kier molecular flexibility index (Phi) is 6.36. The van der Waals surface area contributed by atoms with Crippen molar-refractivity contribution in [1.82, 2.24) is 15.5 Å². The lowest BCUT2D eigenvalue weighted by Gasteiger charge is -2.25. The number of hydrogen-bond acceptors (Lipinski definition) is 6. The van der Waals surface area contributed by atoms with E-state index in [-0.39, 0.29) is 11.3 Å². The topological polar surface area (TPSA) is 68.0 Å². The van der Waals surface area contributed by atoms with Gasteiger partial charge in [-0.2, -0.15) is 0 Å². The Bertz CT molecular complexity index is 1230. The number of benzene rings is 2. The first-order chi connectivity index (χ1) is 14.8. The normalized spacial score (nSPS) is 11.7. The molecule has 4 rings (SSSR count). The Morgan fingerprint density at radius 3 is 2.74 bits per heavy atom. The third-order valence-corrected chi connectivity index (χ3v) is 7.28. The van der Waals surface area contributed by atoms with Gasteiger partial charge in [0.25, 0.3) is 5.91 Å². The van der Waals surface area contributed by atoms with Gasteiger partial charge in [-0.05, 0) is 30.7 Å². The van der Waals surface area contributed by atoms with E-state index in [0.717, 1.165) is 25.9 Å². The van der Waals surface area contributed by atoms with Crippen LogP contribution in [0.15, 0.2) is 57.3 Å². The fourth-order valence-corrected chi connectivity index (χ4v) is 5.32. The minimum atomic E-state index is -0.286. The summed E-state index contributed by atoms with van der Waals surface area (Å²) in [6.07, 6.45) is 0. The largest absolute Gasteiger partial charge is 0.451 e. The number of aromatic nitrogens is 2. The first kappa shape index (κ1) is 21.9. The van der Waals surface area contributed by atoms with Crippen LogP contribution in [0.2, 0.25) is 5.02 Å². The summed E-state index contributed by atoms with van der Waals surface area (Å²) in [6, 6.07) is 15.4. The van der Waals surface area contributed by atoms with Gasteiger partial charge in [-0.15, -0.1) is 10.2 Å². The highest BCUT2D eigenvalue weighted by Crippen LogP contribution is 2.33. The van der Waals surface area contributed by atoms with Crippen LogP contribution in [0.1, 0.15) is 40.5 Å². The smallest absolute Gasteiger partial charge is 0.287 e. The van der Waals surface area contributed by atoms with Crippen LogP contribution in [-0.2, 0) is 11.2 Å². The van der Waals surface area contributed by atoms with Crippen LogP contribution in [0.4, 0.5) is 0 Å². The number of carbonyl (C=O) groups excluding carboxylic acids is 1. The number of nitrogens with zero attached hydrogens (tertiary/aromatic N) is 2. The van der Waals surface area contributed by atoms with Crippen molar-refractivity contribution in [3.8, 4) is 0 Å². The summed E-state index contributed by atoms with van der Waals surface area (Å²) in [5.41, 5.74) is 2.34. The van der Waals surface area contributed by atoms with Crippen molar-refractivity contribution in [3.05, 3.63) is 75.4 Å². The number of aryl methyl sites for hydroxylation is 1. The van der Waals surface area contributed by atoms with Crippen molar-refractivity contribution in [2.24, 2.45) is 0 Å². The SMILES string of the molecule is Cc1nnc(SCc2c(C(=O)NCC(C)(C)c3cccc(Cl)c3)oc3ccccc23)s1. The molecule has 0 saturated heterocycles. The van der Waals surface area contributed by atoms with Gasteiger partial charge in [0.15, 0.2) is 10.1 Å². The number of amides is 1. The van der Waals surface area contributed by atoms with Crippen molar-refractivity contribution in [2.45, 2.75) is 36.3 Å². The van der Waals surface area contributed by atoms with Crippen molar-refractivity contribution in [3.63, 3.8) is 0 Å². The maximum atomic E-state index is 13.1. The third kappa shape index (κ3) is 4.95. The lowest BCUT2D eigenvalue weighted by Crippen LogP contribution is -2.36. The quantitative estimate of drug-likeness (QED) is 0.323. The van der Waals surface area contributed by atoms with E-state index in [4.69, 9.17) is 16.0 Å². The lowest BCUT2D eigenvalue weighted by molar-refractivity contribution is 0.0919. The van der Waals surface area contributed by atoms with Crippen LogP contribution >= 0.6 is 34.7 Å². The van der Waals surface area contributed by atoms with Crippen LogP contribution in [0, 0.1) is 6.92 Å². The van der Waals surface area contributed by atoms with E-state index in [1.54, 1.807) is 23.1 Å². The molecule has 0 radical (unpaired) electrons. The van der Waals surface area contributed by atoms with Gasteiger partial charge < -0.3 is 9.73 Å². The van der Waals surface area contributed by atoms with Crippen molar-refractivity contribution in [1.29, 1.82) is 0 Å². The van der Waals surface area contributed by atoms with Gasteiger partial charge in [-0.25, -0.2) is 0 Å². The van der Waals surface area contributed by atoms with E-state index in [1.165, 1.54) is 0 Å². The summed E-state index contributed by atoms with van der Waals surface area (Å²) < 4.78 is 6.84. The van der Waals surface area contributed by atoms with Crippen LogP contribution in [0.5, 0.6) is 0 Å². The van der Waals surface area contributed by atoms with E-state index in [0.29, 0.717) is 28.7 Å². The molecule has 0 unspecified atom stereocenters. The van der Waals surface area contributed by atoms with Gasteiger partial charge in [-0.3, -0.25) is 4.79 Å². The van der Waals surface area contributed by atoms with Gasteiger partial charge in [0.05, 0.1) is 0 Å². The number of carbonyl (C=O) groups is 1. The van der Waals surface area contributed by atoms with E-state index in [1.807, 2.05) is 55.5 Å². The third-order valence-electron chi connectivity index (χ3n) is 5.05. The Morgan fingerprint density at radius 1 is 1.19 bits per heavy atom. The Labute approximate surface area is 194 Å². The summed E-state index contributed by atoms with van der Waals surface area (Å²) >= 11 is 9.25. The molecule has 2 aromatic heterocycles. The average Bonchev–Trinajstić information content (AvgIpc) is 3.33. The number of hydrogen-bond donors (Lipinski definition) is 1. The summed E-state index contributed by atoms with van der Waals surface area (Å²) in [6.45, 7) is 6.53. The van der Waals surface area contributed by atoms with Gasteiger partial charge in [0.1, 0.15) is 10.6 Å². The molecule has 0 aliphatic carbocycles. The van der Waals surface area contributed by atoms with Crippen LogP contribution in [0.25, 0.3) is 11.0 Å². The van der Waals surface area contributed by atoms with Crippen LogP contribution < -0.4 is 5.32 Å². The molecule has 0 saturated carbocycles. The number of halogens is 1. The van der Waals surface area contributed by atoms with E-state index in [9.17, 15) is 4.79 Å². The minimum absolute atomic E-state index is 0.227. The highest BCUT2D eigenvalue weighted by atomic mass is 35.5. The maximum Gasteiger partial charge on any atom is 0.287 e. The molecule has 2 aromatic carbocycles. The second-order valence-electron chi connectivity index (χ2n) is 7.86. The second kappa shape index (κ2) is 9.02. The summed E-state index contributed by atoms with van der Waals surface area (Å²) in [7, 11) is 0. The average molecular weight is 472 g/mol. The molecule has 0 fully saturated rings. The van der Waals surface area contributed by atoms with Crippen molar-refractivity contribution >= 4 is 51.6 Å². The molecule has 0 spiro atoms. The Hall–Kier alpha value is -2.35. The van der Waals surface area contributed by atoms with Crippen molar-refractivity contribution < 1.29 is 9.21 Å². The molecule has 0 aliphatic rings. The molecular weight excluding hydrogens is 450 g/mol. The van der Waals surface area contributed by atoms with Crippen molar-refractivity contribution in [2.75, 3.05) is 6.54 Å². The molecule has 31 heavy (non-hydrogen) atoms. The van der Waals surface area contributed by atoms with Gasteiger partial charge in [0, 0.05) is 33.7 Å². The first-order valence-electron chi connectivity index (χ1n) is 9.81. The predicted molar refractivity (Wildman–Crippen MR) is 127 cm³/mol. The predicted octanol–water partition coefficient (Wildman–Crippen LogP) is 6.25. The Balaban J connectivity index is 1.55. The van der Waals surface area contributed by atoms with Gasteiger partial charge in [-0.1, -0.05) is 78.9 Å². The zero-order valence-corrected chi connectivity index (χ0v) is 19.8. The standard InChI is InChI=1S/C23H22ClN3O2S2/c1-14-26-27-22(31-14)30-12-18-17-9-4-5-10-19(17)29-20(18)21(28)25-13-23(2,3)15-7-6-8-16(24)11-15/h4-11H,12-13H2,1-3H3,(H,25,28). The number of furan rings is 1. The van der Waals surface area contributed by atoms with Crippen LogP contribution in [0.3, 0.4) is 0 Å². The van der Waals surface area contributed by atoms with E-state index < -0.39 is 0 Å². The van der Waals surface area contributed by atoms with Gasteiger partial charge in [0.2, 0.25) is 0 Å². The fraction of sp³-hybridized carbons (Fsp3) is 0.261. The molecule has 4 aromatic rings. The minimum Gasteiger partial charge on any atom is -0.451 e. The molecule has 0 atom stereocenters. The monoisotopic (exact) mass is 471 g/mol. The highest BCUT2D eigenvalue weighted by molar-refractivity contribution is 8.00. The summed E-state index contributed by atoms with van der Waals surface area (Å²) in [4.78, 5) is 13.1. The highest BCUT2D eigenvalue weighted by Gasteiger charge is 2.25. The second-order valence-corrected chi connectivity index (χ2v) is 10.7. The molecule has 8 heteroatoms. The molecule has 1 amide bonds. The number of rotatable bonds is 7. The molecule has 0 aliphatic heterocycles.